The minimum Gasteiger partial charge on any atom is -0.480 e. The van der Waals surface area contributed by atoms with Gasteiger partial charge in [0.05, 0.1) is 30.7 Å². The molecular formula is C21H32N4O6S. The molecule has 0 aromatic heterocycles. The van der Waals surface area contributed by atoms with Gasteiger partial charge in [-0.1, -0.05) is 36.0 Å². The van der Waals surface area contributed by atoms with Gasteiger partial charge in [-0.2, -0.15) is 0 Å². The number of aliphatic carboxylic acids is 3. The standard InChI is InChI=1S/C21H32N4O6S/c1-21(22-15-32)4-2-16(3-5-21)10-17-11-24(13-19(28)29)7-6-23(12-18(26)27)8-9-25(17)14-20(30)31/h2-4,15,17H,5-14H2,1H3,(H,22,32)(H,26,27)(H,28,29)(H,30,31). The van der Waals surface area contributed by atoms with Crippen LogP contribution in [0.15, 0.2) is 23.8 Å². The van der Waals surface area contributed by atoms with Crippen LogP contribution in [0.25, 0.3) is 0 Å². The highest BCUT2D eigenvalue weighted by molar-refractivity contribution is 7.78. The minimum atomic E-state index is -0.977. The van der Waals surface area contributed by atoms with Crippen LogP contribution in [-0.2, 0) is 14.4 Å². The molecule has 0 saturated carbocycles. The Hall–Kier alpha value is -2.34. The zero-order chi connectivity index (χ0) is 23.7. The van der Waals surface area contributed by atoms with Crippen LogP contribution in [-0.4, -0.2) is 117 Å². The number of nitrogens with one attached hydrogen (secondary N) is 1. The highest BCUT2D eigenvalue weighted by atomic mass is 32.1. The predicted molar refractivity (Wildman–Crippen MR) is 123 cm³/mol. The van der Waals surface area contributed by atoms with Crippen molar-refractivity contribution in [2.75, 3.05) is 52.4 Å². The molecule has 0 amide bonds. The first kappa shape index (κ1) is 25.9. The molecular weight excluding hydrogens is 436 g/mol. The first-order chi connectivity index (χ1) is 15.1. The smallest absolute Gasteiger partial charge is 0.317 e. The van der Waals surface area contributed by atoms with Crippen molar-refractivity contribution in [1.29, 1.82) is 0 Å². The number of rotatable bonds is 10. The number of hydrogen-bond acceptors (Lipinski definition) is 7. The number of hydrogen-bond donors (Lipinski definition) is 4. The van der Waals surface area contributed by atoms with Gasteiger partial charge in [0.1, 0.15) is 0 Å². The van der Waals surface area contributed by atoms with Crippen LogP contribution in [0.4, 0.5) is 0 Å². The summed E-state index contributed by atoms with van der Waals surface area (Å²) in [6.07, 6.45) is 7.41. The monoisotopic (exact) mass is 468 g/mol. The van der Waals surface area contributed by atoms with Crippen LogP contribution in [0.3, 0.4) is 0 Å². The molecule has 2 atom stereocenters. The molecule has 178 valence electrons. The predicted octanol–water partition coefficient (Wildman–Crippen LogP) is 0.110. The summed E-state index contributed by atoms with van der Waals surface area (Å²) < 4.78 is 0. The normalized spacial score (nSPS) is 25.8. The Bertz CT molecular complexity index is 773. The van der Waals surface area contributed by atoms with E-state index >= 15 is 0 Å². The lowest BCUT2D eigenvalue weighted by atomic mass is 9.88. The number of allylic oxidation sites excluding steroid dienone is 1. The number of nitrogens with zero attached hydrogens (tertiary/aromatic N) is 3. The van der Waals surface area contributed by atoms with Gasteiger partial charge in [-0.05, 0) is 19.8 Å². The number of thiocarbonyl (C=S) groups is 1. The molecule has 1 fully saturated rings. The summed E-state index contributed by atoms with van der Waals surface area (Å²) in [4.78, 5) is 39.5. The van der Waals surface area contributed by atoms with E-state index < -0.39 is 17.9 Å². The van der Waals surface area contributed by atoms with Crippen molar-refractivity contribution < 1.29 is 29.7 Å². The van der Waals surface area contributed by atoms with E-state index in [1.807, 2.05) is 24.0 Å². The fourth-order valence-corrected chi connectivity index (χ4v) is 4.32. The third kappa shape index (κ3) is 8.65. The highest BCUT2D eigenvalue weighted by Gasteiger charge is 2.29. The largest absolute Gasteiger partial charge is 0.480 e. The molecule has 0 aromatic rings. The van der Waals surface area contributed by atoms with E-state index in [1.165, 1.54) is 5.49 Å². The summed E-state index contributed by atoms with van der Waals surface area (Å²) in [6.45, 7) is 3.40. The van der Waals surface area contributed by atoms with E-state index in [-0.39, 0.29) is 31.2 Å². The molecule has 1 aliphatic carbocycles. The molecule has 0 bridgehead atoms. The average Bonchev–Trinajstić information content (AvgIpc) is 2.75. The Balaban J connectivity index is 2.23. The second-order valence-corrected chi connectivity index (χ2v) is 8.75. The Morgan fingerprint density at radius 1 is 1.06 bits per heavy atom. The van der Waals surface area contributed by atoms with Gasteiger partial charge < -0.3 is 20.6 Å². The molecule has 2 aliphatic rings. The Kier molecular flexibility index (Phi) is 9.76. The number of carboxylic acid groups (broad SMARTS) is 3. The molecule has 1 aliphatic heterocycles. The third-order valence-corrected chi connectivity index (χ3v) is 5.91. The van der Waals surface area contributed by atoms with Crippen LogP contribution < -0.4 is 5.32 Å². The van der Waals surface area contributed by atoms with Crippen molar-refractivity contribution >= 4 is 35.6 Å². The van der Waals surface area contributed by atoms with Crippen molar-refractivity contribution in [1.82, 2.24) is 20.0 Å². The van der Waals surface area contributed by atoms with Crippen LogP contribution in [0.5, 0.6) is 0 Å². The van der Waals surface area contributed by atoms with Gasteiger partial charge in [0.25, 0.3) is 0 Å². The third-order valence-electron chi connectivity index (χ3n) is 5.79. The fraction of sp³-hybridized carbons (Fsp3) is 0.619. The van der Waals surface area contributed by atoms with Gasteiger partial charge in [-0.3, -0.25) is 29.1 Å². The zero-order valence-electron chi connectivity index (χ0n) is 18.3. The summed E-state index contributed by atoms with van der Waals surface area (Å²) in [5.74, 6) is -2.92. The van der Waals surface area contributed by atoms with Crippen LogP contribution in [0, 0.1) is 0 Å². The minimum absolute atomic E-state index is 0.175. The summed E-state index contributed by atoms with van der Waals surface area (Å²) in [5, 5.41) is 31.1. The lowest BCUT2D eigenvalue weighted by molar-refractivity contribution is -0.140. The number of carboxylic acids is 3. The van der Waals surface area contributed by atoms with Crippen LogP contribution in [0.2, 0.25) is 0 Å². The highest BCUT2D eigenvalue weighted by Crippen LogP contribution is 2.25. The first-order valence-electron chi connectivity index (χ1n) is 10.5. The maximum Gasteiger partial charge on any atom is 0.317 e. The van der Waals surface area contributed by atoms with Crippen LogP contribution >= 0.6 is 12.2 Å². The lowest BCUT2D eigenvalue weighted by Crippen LogP contribution is -2.48. The lowest BCUT2D eigenvalue weighted by Gasteiger charge is -2.35. The molecule has 0 radical (unpaired) electrons. The zero-order valence-corrected chi connectivity index (χ0v) is 19.1. The Morgan fingerprint density at radius 2 is 1.66 bits per heavy atom. The van der Waals surface area contributed by atoms with Gasteiger partial charge in [-0.15, -0.1) is 0 Å². The van der Waals surface area contributed by atoms with Gasteiger partial charge in [0.2, 0.25) is 0 Å². The molecule has 0 aromatic carbocycles. The second-order valence-electron chi connectivity index (χ2n) is 8.52. The summed E-state index contributed by atoms with van der Waals surface area (Å²) in [7, 11) is 0. The molecule has 1 saturated heterocycles. The maximum atomic E-state index is 11.6. The van der Waals surface area contributed by atoms with Gasteiger partial charge >= 0.3 is 17.9 Å². The SMILES string of the molecule is CC1(NC=S)C=CC(CC2CN(CC(=O)O)CCN(CC(=O)O)CCN2CC(=O)O)=CC1. The van der Waals surface area contributed by atoms with Crippen LogP contribution in [0.1, 0.15) is 19.8 Å². The van der Waals surface area contributed by atoms with Crippen molar-refractivity contribution in [3.8, 4) is 0 Å². The van der Waals surface area contributed by atoms with E-state index in [0.29, 0.717) is 39.1 Å². The van der Waals surface area contributed by atoms with Crippen molar-refractivity contribution in [2.24, 2.45) is 0 Å². The Morgan fingerprint density at radius 3 is 2.22 bits per heavy atom. The van der Waals surface area contributed by atoms with Crippen molar-refractivity contribution in [3.63, 3.8) is 0 Å². The van der Waals surface area contributed by atoms with E-state index in [1.54, 1.807) is 9.80 Å². The molecule has 1 heterocycles. The molecule has 11 heteroatoms. The Labute approximate surface area is 193 Å². The quantitative estimate of drug-likeness (QED) is 0.326. The summed E-state index contributed by atoms with van der Waals surface area (Å²) in [6, 6.07) is -0.228. The van der Waals surface area contributed by atoms with E-state index in [9.17, 15) is 29.7 Å². The number of carbonyl (C=O) groups is 3. The molecule has 10 nitrogen and oxygen atoms in total. The van der Waals surface area contributed by atoms with E-state index in [2.05, 4.69) is 11.4 Å². The first-order valence-corrected chi connectivity index (χ1v) is 11.0. The average molecular weight is 469 g/mol. The maximum absolute atomic E-state index is 11.6. The molecule has 2 unspecified atom stereocenters. The second kappa shape index (κ2) is 12.0. The molecule has 0 spiro atoms. The topological polar surface area (TPSA) is 134 Å². The molecule has 4 N–H and O–H groups in total. The molecule has 32 heavy (non-hydrogen) atoms. The van der Waals surface area contributed by atoms with Crippen molar-refractivity contribution in [3.05, 3.63) is 23.8 Å². The molecule has 2 rings (SSSR count). The van der Waals surface area contributed by atoms with Gasteiger partial charge in [0.15, 0.2) is 0 Å². The van der Waals surface area contributed by atoms with Gasteiger partial charge in [0, 0.05) is 38.8 Å². The van der Waals surface area contributed by atoms with E-state index in [4.69, 9.17) is 12.2 Å². The fourth-order valence-electron chi connectivity index (χ4n) is 4.05. The summed E-state index contributed by atoms with van der Waals surface area (Å²) in [5.41, 5.74) is 2.27. The van der Waals surface area contributed by atoms with Crippen molar-refractivity contribution in [2.45, 2.75) is 31.3 Å². The summed E-state index contributed by atoms with van der Waals surface area (Å²) >= 11 is 4.90. The van der Waals surface area contributed by atoms with Gasteiger partial charge in [-0.25, -0.2) is 0 Å². The van der Waals surface area contributed by atoms with E-state index in [0.717, 1.165) is 12.0 Å².